The van der Waals surface area contributed by atoms with Gasteiger partial charge in [-0.3, -0.25) is 4.52 Å². The van der Waals surface area contributed by atoms with Crippen LogP contribution in [0.4, 0.5) is 0 Å². The molecule has 0 amide bonds. The summed E-state index contributed by atoms with van der Waals surface area (Å²) in [6, 6.07) is 5.55. The number of nitrogens with zero attached hydrogens (tertiary/aromatic N) is 1. The second-order valence-electron chi connectivity index (χ2n) is 3.16. The minimum absolute atomic E-state index is 0.412. The molecule has 5 nitrogen and oxygen atoms in total. The highest BCUT2D eigenvalue weighted by molar-refractivity contribution is 5.39. The Labute approximate surface area is 85.9 Å². The fraction of sp³-hybridized carbons (Fsp3) is 0.200. The normalized spacial score (nSPS) is 10.3. The maximum absolute atomic E-state index is 10.9. The Morgan fingerprint density at radius 1 is 1.47 bits per heavy atom. The smallest absolute Gasteiger partial charge is 0.427 e. The molecule has 1 aromatic heterocycles. The van der Waals surface area contributed by atoms with E-state index in [1.165, 1.54) is 10.9 Å². The van der Waals surface area contributed by atoms with Crippen LogP contribution in [0.25, 0.3) is 5.69 Å². The molecule has 78 valence electrons. The van der Waals surface area contributed by atoms with Gasteiger partial charge in [0.2, 0.25) is 5.69 Å². The third-order valence-corrected chi connectivity index (χ3v) is 2.14. The van der Waals surface area contributed by atoms with Crippen LogP contribution >= 0.6 is 0 Å². The minimum Gasteiger partial charge on any atom is -0.497 e. The van der Waals surface area contributed by atoms with Gasteiger partial charge in [-0.05, 0) is 29.0 Å². The molecule has 0 atom stereocenters. The molecule has 0 radical (unpaired) electrons. The molecule has 0 fully saturated rings. The molecule has 1 heterocycles. The molecule has 0 saturated carbocycles. The van der Waals surface area contributed by atoms with Gasteiger partial charge in [-0.15, -0.1) is 0 Å². The average molecular weight is 207 g/mol. The molecular formula is C10H11N2O3+. The number of aromatic nitrogens is 2. The predicted octanol–water partition coefficient (Wildman–Crippen LogP) is 0.562. The summed E-state index contributed by atoms with van der Waals surface area (Å²) in [7, 11) is 1.61. The fourth-order valence-corrected chi connectivity index (χ4v) is 1.40. The Morgan fingerprint density at radius 3 is 2.80 bits per heavy atom. The van der Waals surface area contributed by atoms with E-state index in [9.17, 15) is 4.79 Å². The lowest BCUT2D eigenvalue weighted by Crippen LogP contribution is -2.33. The van der Waals surface area contributed by atoms with Gasteiger partial charge in [0.15, 0.2) is 0 Å². The number of ether oxygens (including phenoxy) is 1. The molecule has 0 aliphatic carbocycles. The van der Waals surface area contributed by atoms with Crippen LogP contribution in [-0.2, 0) is 0 Å². The molecule has 0 aliphatic heterocycles. The summed E-state index contributed by atoms with van der Waals surface area (Å²) >= 11 is 0. The van der Waals surface area contributed by atoms with E-state index in [0.717, 1.165) is 17.0 Å². The zero-order valence-corrected chi connectivity index (χ0v) is 8.48. The molecule has 0 unspecified atom stereocenters. The standard InChI is InChI=1S/C10H10N2O3/c1-7-5-8(14-2)3-4-9(7)12-6-10(13)15-11-12/h3-6H,1-2H3/p+1. The largest absolute Gasteiger partial charge is 0.497 e. The van der Waals surface area contributed by atoms with Crippen molar-refractivity contribution >= 4 is 0 Å². The maximum Gasteiger partial charge on any atom is 0.427 e. The van der Waals surface area contributed by atoms with Crippen LogP contribution < -0.4 is 15.0 Å². The van der Waals surface area contributed by atoms with Crippen molar-refractivity contribution in [3.05, 3.63) is 40.4 Å². The van der Waals surface area contributed by atoms with E-state index in [2.05, 4.69) is 9.79 Å². The first-order chi connectivity index (χ1) is 7.20. The van der Waals surface area contributed by atoms with Crippen LogP contribution in [0.5, 0.6) is 5.75 Å². The second-order valence-corrected chi connectivity index (χ2v) is 3.16. The van der Waals surface area contributed by atoms with Gasteiger partial charge in [0.1, 0.15) is 5.75 Å². The molecule has 15 heavy (non-hydrogen) atoms. The monoisotopic (exact) mass is 207 g/mol. The summed E-state index contributed by atoms with van der Waals surface area (Å²) in [5.41, 5.74) is 1.42. The Morgan fingerprint density at radius 2 is 2.27 bits per heavy atom. The maximum atomic E-state index is 10.9. The van der Waals surface area contributed by atoms with Gasteiger partial charge in [0.05, 0.1) is 7.11 Å². The summed E-state index contributed by atoms with van der Waals surface area (Å²) in [5, 5.41) is 2.49. The van der Waals surface area contributed by atoms with E-state index in [4.69, 9.17) is 4.74 Å². The van der Waals surface area contributed by atoms with Crippen molar-refractivity contribution < 1.29 is 13.9 Å². The fourth-order valence-electron chi connectivity index (χ4n) is 1.40. The number of nitrogens with one attached hydrogen (secondary N) is 1. The minimum atomic E-state index is -0.412. The third-order valence-electron chi connectivity index (χ3n) is 2.14. The Balaban J connectivity index is 2.49. The number of rotatable bonds is 2. The van der Waals surface area contributed by atoms with Gasteiger partial charge in [-0.25, -0.2) is 4.79 Å². The number of aromatic amines is 1. The molecular weight excluding hydrogens is 196 g/mol. The molecule has 5 heteroatoms. The summed E-state index contributed by atoms with van der Waals surface area (Å²) in [4.78, 5) is 10.9. The number of benzene rings is 1. The van der Waals surface area contributed by atoms with Gasteiger partial charge in [-0.1, -0.05) is 0 Å². The van der Waals surface area contributed by atoms with E-state index in [1.54, 1.807) is 7.11 Å². The lowest BCUT2D eigenvalue weighted by molar-refractivity contribution is -0.670. The van der Waals surface area contributed by atoms with E-state index < -0.39 is 5.63 Å². The molecule has 2 rings (SSSR count). The van der Waals surface area contributed by atoms with Crippen LogP contribution in [0, 0.1) is 6.92 Å². The predicted molar refractivity (Wildman–Crippen MR) is 52.1 cm³/mol. The highest BCUT2D eigenvalue weighted by Gasteiger charge is 2.13. The average Bonchev–Trinajstić information content (AvgIpc) is 2.64. The van der Waals surface area contributed by atoms with Crippen LogP contribution in [0.3, 0.4) is 0 Å². The highest BCUT2D eigenvalue weighted by atomic mass is 16.5. The topological polar surface area (TPSA) is 59.1 Å². The zero-order valence-electron chi connectivity index (χ0n) is 8.48. The Kier molecular flexibility index (Phi) is 2.29. The van der Waals surface area contributed by atoms with Crippen molar-refractivity contribution in [3.63, 3.8) is 0 Å². The summed E-state index contributed by atoms with van der Waals surface area (Å²) < 4.78 is 11.2. The lowest BCUT2D eigenvalue weighted by atomic mass is 10.2. The van der Waals surface area contributed by atoms with Crippen LogP contribution in [-0.4, -0.2) is 12.4 Å². The molecule has 1 N–H and O–H groups in total. The zero-order chi connectivity index (χ0) is 10.8. The summed E-state index contributed by atoms with van der Waals surface area (Å²) in [6.45, 7) is 1.93. The second kappa shape index (κ2) is 3.61. The quantitative estimate of drug-likeness (QED) is 0.732. The van der Waals surface area contributed by atoms with Gasteiger partial charge < -0.3 is 4.74 Å². The van der Waals surface area contributed by atoms with Crippen LogP contribution in [0.1, 0.15) is 5.56 Å². The molecule has 0 spiro atoms. The summed E-state index contributed by atoms with van der Waals surface area (Å²) in [5.74, 6) is 0.780. The van der Waals surface area contributed by atoms with Gasteiger partial charge in [0.25, 0.3) is 6.20 Å². The van der Waals surface area contributed by atoms with E-state index in [1.807, 2.05) is 25.1 Å². The molecule has 0 saturated heterocycles. The van der Waals surface area contributed by atoms with Crippen molar-refractivity contribution in [1.29, 1.82) is 0 Å². The van der Waals surface area contributed by atoms with Crippen LogP contribution in [0.2, 0.25) is 0 Å². The Bertz CT molecular complexity index is 527. The Hall–Kier alpha value is -2.04. The lowest BCUT2D eigenvalue weighted by Gasteiger charge is -2.00. The van der Waals surface area contributed by atoms with Gasteiger partial charge >= 0.3 is 5.63 Å². The summed E-state index contributed by atoms with van der Waals surface area (Å²) in [6.07, 6.45) is 1.34. The van der Waals surface area contributed by atoms with E-state index >= 15 is 0 Å². The third kappa shape index (κ3) is 1.76. The first kappa shape index (κ1) is 9.51. The number of aryl methyl sites for hydroxylation is 1. The molecule has 1 aromatic carbocycles. The molecule has 0 aliphatic rings. The van der Waals surface area contributed by atoms with Gasteiger partial charge in [0, 0.05) is 11.6 Å². The first-order valence-corrected chi connectivity index (χ1v) is 4.46. The van der Waals surface area contributed by atoms with E-state index in [-0.39, 0.29) is 0 Å². The highest BCUT2D eigenvalue weighted by Crippen LogP contribution is 2.15. The van der Waals surface area contributed by atoms with Crippen molar-refractivity contribution in [2.24, 2.45) is 0 Å². The number of H-pyrrole nitrogens is 1. The van der Waals surface area contributed by atoms with Crippen molar-refractivity contribution in [2.75, 3.05) is 7.11 Å². The number of methoxy groups -OCH3 is 1. The van der Waals surface area contributed by atoms with Gasteiger partial charge in [-0.2, -0.15) is 0 Å². The van der Waals surface area contributed by atoms with Crippen LogP contribution in [0.15, 0.2) is 33.7 Å². The SMILES string of the molecule is COc1ccc(-[n+]2cc(=O)o[nH]2)c(C)c1. The number of hydrogen-bond acceptors (Lipinski definition) is 3. The van der Waals surface area contributed by atoms with Crippen molar-refractivity contribution in [3.8, 4) is 11.4 Å². The molecule has 2 aromatic rings. The number of hydrogen-bond donors (Lipinski definition) is 1. The van der Waals surface area contributed by atoms with E-state index in [0.29, 0.717) is 0 Å². The van der Waals surface area contributed by atoms with Crippen molar-refractivity contribution in [1.82, 2.24) is 5.27 Å². The molecule has 0 bridgehead atoms. The first-order valence-electron chi connectivity index (χ1n) is 4.46. The van der Waals surface area contributed by atoms with Crippen molar-refractivity contribution in [2.45, 2.75) is 6.92 Å².